The van der Waals surface area contributed by atoms with Crippen molar-refractivity contribution in [2.45, 2.75) is 38.7 Å². The lowest BCUT2D eigenvalue weighted by atomic mass is 10.3. The number of halogens is 2. The molecule has 0 atom stereocenters. The van der Waals surface area contributed by atoms with Crippen molar-refractivity contribution < 1.29 is 23.1 Å². The van der Waals surface area contributed by atoms with E-state index in [2.05, 4.69) is 15.5 Å². The maximum absolute atomic E-state index is 13.2. The maximum Gasteiger partial charge on any atom is 0.343 e. The Balaban J connectivity index is 1.76. The zero-order valence-electron chi connectivity index (χ0n) is 14.4. The van der Waals surface area contributed by atoms with Crippen LogP contribution in [0.25, 0.3) is 0 Å². The standard InChI is InChI=1S/C16H19F2N5O3/c1-3-26-16(25)10-7-19-22(2)15(10)20-13(24)8-23-12(14(17)18)6-11(21-23)9-4-5-9/h6-7,9,14H,3-5,8H2,1-2H3,(H,20,24). The molecule has 0 radical (unpaired) electrons. The Morgan fingerprint density at radius 3 is 2.77 bits per heavy atom. The molecule has 0 unspecified atom stereocenters. The summed E-state index contributed by atoms with van der Waals surface area (Å²) in [6.07, 6.45) is 0.389. The van der Waals surface area contributed by atoms with E-state index in [1.54, 1.807) is 14.0 Å². The molecule has 1 N–H and O–H groups in total. The Bertz CT molecular complexity index is 826. The fourth-order valence-electron chi connectivity index (χ4n) is 2.58. The molecular weight excluding hydrogens is 348 g/mol. The summed E-state index contributed by atoms with van der Waals surface area (Å²) in [5.41, 5.74) is 0.384. The molecule has 0 saturated heterocycles. The molecule has 26 heavy (non-hydrogen) atoms. The van der Waals surface area contributed by atoms with Gasteiger partial charge >= 0.3 is 5.97 Å². The highest BCUT2D eigenvalue weighted by atomic mass is 19.3. The minimum Gasteiger partial charge on any atom is -0.462 e. The van der Waals surface area contributed by atoms with Gasteiger partial charge in [-0.2, -0.15) is 10.2 Å². The zero-order chi connectivity index (χ0) is 18.8. The predicted molar refractivity (Wildman–Crippen MR) is 87.0 cm³/mol. The van der Waals surface area contributed by atoms with Crippen LogP contribution >= 0.6 is 0 Å². The molecule has 2 aromatic rings. The van der Waals surface area contributed by atoms with E-state index in [-0.39, 0.29) is 36.1 Å². The van der Waals surface area contributed by atoms with Crippen molar-refractivity contribution in [3.63, 3.8) is 0 Å². The van der Waals surface area contributed by atoms with Crippen LogP contribution in [0.1, 0.15) is 53.9 Å². The zero-order valence-corrected chi connectivity index (χ0v) is 14.4. The SMILES string of the molecule is CCOC(=O)c1cnn(C)c1NC(=O)Cn1nc(C2CC2)cc1C(F)F. The van der Waals surface area contributed by atoms with Gasteiger partial charge in [-0.1, -0.05) is 0 Å². The van der Waals surface area contributed by atoms with Crippen LogP contribution in [0, 0.1) is 0 Å². The predicted octanol–water partition coefficient (Wildman–Crippen LogP) is 2.25. The van der Waals surface area contributed by atoms with Crippen LogP contribution < -0.4 is 5.32 Å². The lowest BCUT2D eigenvalue weighted by Crippen LogP contribution is -2.23. The van der Waals surface area contributed by atoms with Crippen LogP contribution in [-0.4, -0.2) is 38.0 Å². The van der Waals surface area contributed by atoms with Gasteiger partial charge in [-0.15, -0.1) is 0 Å². The summed E-state index contributed by atoms with van der Waals surface area (Å²) >= 11 is 0. The Labute approximate surface area is 148 Å². The van der Waals surface area contributed by atoms with Gasteiger partial charge in [0.25, 0.3) is 6.43 Å². The van der Waals surface area contributed by atoms with Crippen molar-refractivity contribution >= 4 is 17.7 Å². The molecule has 2 aromatic heterocycles. The number of hydrogen-bond donors (Lipinski definition) is 1. The van der Waals surface area contributed by atoms with E-state index in [4.69, 9.17) is 4.74 Å². The number of aryl methyl sites for hydroxylation is 1. The first kappa shape index (κ1) is 18.0. The van der Waals surface area contributed by atoms with E-state index in [0.29, 0.717) is 5.69 Å². The average molecular weight is 367 g/mol. The molecule has 1 aliphatic carbocycles. The van der Waals surface area contributed by atoms with Gasteiger partial charge in [0.05, 0.1) is 18.5 Å². The number of anilines is 1. The smallest absolute Gasteiger partial charge is 0.343 e. The van der Waals surface area contributed by atoms with Crippen LogP contribution in [0.5, 0.6) is 0 Å². The summed E-state index contributed by atoms with van der Waals surface area (Å²) < 4.78 is 33.6. The summed E-state index contributed by atoms with van der Waals surface area (Å²) in [7, 11) is 1.54. The van der Waals surface area contributed by atoms with Crippen molar-refractivity contribution in [2.24, 2.45) is 7.05 Å². The largest absolute Gasteiger partial charge is 0.462 e. The number of nitrogens with zero attached hydrogens (tertiary/aromatic N) is 4. The normalized spacial score (nSPS) is 13.9. The Kier molecular flexibility index (Phi) is 5.01. The van der Waals surface area contributed by atoms with Gasteiger partial charge in [0, 0.05) is 13.0 Å². The second-order valence-corrected chi connectivity index (χ2v) is 6.03. The van der Waals surface area contributed by atoms with Crippen LogP contribution in [0.4, 0.5) is 14.6 Å². The first-order valence-electron chi connectivity index (χ1n) is 8.25. The highest BCUT2D eigenvalue weighted by Gasteiger charge is 2.29. The lowest BCUT2D eigenvalue weighted by molar-refractivity contribution is -0.117. The molecule has 1 amide bonds. The molecule has 0 bridgehead atoms. The third-order valence-electron chi connectivity index (χ3n) is 4.03. The second kappa shape index (κ2) is 7.22. The monoisotopic (exact) mass is 367 g/mol. The van der Waals surface area contributed by atoms with Gasteiger partial charge in [0.2, 0.25) is 5.91 Å². The molecule has 0 aliphatic heterocycles. The number of amides is 1. The van der Waals surface area contributed by atoms with Crippen molar-refractivity contribution in [2.75, 3.05) is 11.9 Å². The quantitative estimate of drug-likeness (QED) is 0.758. The molecule has 1 fully saturated rings. The molecule has 8 nitrogen and oxygen atoms in total. The third-order valence-corrected chi connectivity index (χ3v) is 4.03. The Morgan fingerprint density at radius 2 is 2.15 bits per heavy atom. The maximum atomic E-state index is 13.2. The van der Waals surface area contributed by atoms with Gasteiger partial charge < -0.3 is 10.1 Å². The Morgan fingerprint density at radius 1 is 1.42 bits per heavy atom. The number of esters is 1. The number of aromatic nitrogens is 4. The summed E-state index contributed by atoms with van der Waals surface area (Å²) in [4.78, 5) is 24.2. The molecule has 0 aromatic carbocycles. The second-order valence-electron chi connectivity index (χ2n) is 6.03. The van der Waals surface area contributed by atoms with E-state index in [1.807, 2.05) is 0 Å². The van der Waals surface area contributed by atoms with Crippen molar-refractivity contribution in [3.05, 3.63) is 29.2 Å². The van der Waals surface area contributed by atoms with Crippen molar-refractivity contribution in [1.29, 1.82) is 0 Å². The molecule has 1 saturated carbocycles. The van der Waals surface area contributed by atoms with Crippen LogP contribution in [0.3, 0.4) is 0 Å². The fraction of sp³-hybridized carbons (Fsp3) is 0.500. The molecule has 140 valence electrons. The topological polar surface area (TPSA) is 91.0 Å². The third kappa shape index (κ3) is 3.73. The molecular formula is C16H19F2N5O3. The minimum atomic E-state index is -2.73. The highest BCUT2D eigenvalue weighted by Crippen LogP contribution is 2.40. The number of carbonyl (C=O) groups excluding carboxylic acids is 2. The van der Waals surface area contributed by atoms with Crippen molar-refractivity contribution in [3.8, 4) is 0 Å². The van der Waals surface area contributed by atoms with Gasteiger partial charge in [0.1, 0.15) is 23.6 Å². The number of ether oxygens (including phenoxy) is 1. The van der Waals surface area contributed by atoms with E-state index < -0.39 is 18.3 Å². The van der Waals surface area contributed by atoms with E-state index in [9.17, 15) is 18.4 Å². The molecule has 2 heterocycles. The average Bonchev–Trinajstić information content (AvgIpc) is 3.25. The number of rotatable bonds is 7. The van der Waals surface area contributed by atoms with Gasteiger partial charge in [0.15, 0.2) is 0 Å². The summed E-state index contributed by atoms with van der Waals surface area (Å²) in [5.74, 6) is -0.878. The fourth-order valence-corrected chi connectivity index (χ4v) is 2.58. The first-order valence-corrected chi connectivity index (χ1v) is 8.25. The van der Waals surface area contributed by atoms with Crippen LogP contribution in [-0.2, 0) is 23.1 Å². The van der Waals surface area contributed by atoms with Gasteiger partial charge in [-0.3, -0.25) is 14.2 Å². The van der Waals surface area contributed by atoms with Crippen LogP contribution in [0.2, 0.25) is 0 Å². The lowest BCUT2D eigenvalue weighted by Gasteiger charge is -2.10. The molecule has 1 aliphatic rings. The van der Waals surface area contributed by atoms with Gasteiger partial charge in [-0.05, 0) is 25.8 Å². The number of alkyl halides is 2. The van der Waals surface area contributed by atoms with E-state index in [0.717, 1.165) is 17.5 Å². The minimum absolute atomic E-state index is 0.0934. The molecule has 0 spiro atoms. The number of hydrogen-bond acceptors (Lipinski definition) is 5. The summed E-state index contributed by atoms with van der Waals surface area (Å²) in [5, 5.41) is 10.6. The van der Waals surface area contributed by atoms with Gasteiger partial charge in [-0.25, -0.2) is 13.6 Å². The summed E-state index contributed by atoms with van der Waals surface area (Å²) in [6.45, 7) is 1.45. The highest BCUT2D eigenvalue weighted by molar-refractivity contribution is 6.00. The Hall–Kier alpha value is -2.78. The van der Waals surface area contributed by atoms with E-state index >= 15 is 0 Å². The molecule has 3 rings (SSSR count). The molecule has 10 heteroatoms. The van der Waals surface area contributed by atoms with E-state index in [1.165, 1.54) is 16.9 Å². The van der Waals surface area contributed by atoms with Crippen molar-refractivity contribution in [1.82, 2.24) is 19.6 Å². The number of carbonyl (C=O) groups is 2. The summed E-state index contributed by atoms with van der Waals surface area (Å²) in [6, 6.07) is 1.35. The van der Waals surface area contributed by atoms with Crippen LogP contribution in [0.15, 0.2) is 12.3 Å². The number of nitrogens with one attached hydrogen (secondary N) is 1. The first-order chi connectivity index (χ1) is 12.4.